The van der Waals surface area contributed by atoms with Gasteiger partial charge in [-0.15, -0.1) is 11.6 Å². The number of urea groups is 1. The minimum Gasteiger partial charge on any atom is -0.493 e. The van der Waals surface area contributed by atoms with Crippen LogP contribution in [0.5, 0.6) is 11.5 Å². The fraction of sp³-hybridized carbons (Fsp3) is 0.529. The van der Waals surface area contributed by atoms with Crippen molar-refractivity contribution >= 4 is 23.5 Å². The predicted molar refractivity (Wildman–Crippen MR) is 97.4 cm³/mol. The van der Waals surface area contributed by atoms with Gasteiger partial charge in [0.2, 0.25) is 5.91 Å². The van der Waals surface area contributed by atoms with Crippen molar-refractivity contribution < 1.29 is 19.1 Å². The SMILES string of the molecule is CCOc1ccc([C@H](C)NC(=O)NCCNC(=O)[C@H](C)Cl)cc1OC. The van der Waals surface area contributed by atoms with Gasteiger partial charge in [0.15, 0.2) is 11.5 Å². The highest BCUT2D eigenvalue weighted by molar-refractivity contribution is 6.30. The molecule has 0 bridgehead atoms. The summed E-state index contributed by atoms with van der Waals surface area (Å²) >= 11 is 5.63. The maximum atomic E-state index is 11.9. The summed E-state index contributed by atoms with van der Waals surface area (Å²) < 4.78 is 10.8. The van der Waals surface area contributed by atoms with E-state index in [9.17, 15) is 9.59 Å². The van der Waals surface area contributed by atoms with Crippen LogP contribution in [-0.2, 0) is 4.79 Å². The topological polar surface area (TPSA) is 88.7 Å². The van der Waals surface area contributed by atoms with Crippen LogP contribution in [0.1, 0.15) is 32.4 Å². The number of amides is 3. The Morgan fingerprint density at radius 2 is 1.84 bits per heavy atom. The summed E-state index contributed by atoms with van der Waals surface area (Å²) in [4.78, 5) is 23.2. The van der Waals surface area contributed by atoms with E-state index in [4.69, 9.17) is 21.1 Å². The molecule has 0 unspecified atom stereocenters. The van der Waals surface area contributed by atoms with Gasteiger partial charge in [-0.1, -0.05) is 6.07 Å². The third-order valence-corrected chi connectivity index (χ3v) is 3.60. The summed E-state index contributed by atoms with van der Waals surface area (Å²) in [6.45, 7) is 6.52. The summed E-state index contributed by atoms with van der Waals surface area (Å²) in [5.74, 6) is 1.01. The lowest BCUT2D eigenvalue weighted by atomic mass is 10.1. The van der Waals surface area contributed by atoms with Gasteiger partial charge in [-0.05, 0) is 38.5 Å². The van der Waals surface area contributed by atoms with E-state index in [0.717, 1.165) is 5.56 Å². The van der Waals surface area contributed by atoms with Crippen molar-refractivity contribution in [2.75, 3.05) is 26.8 Å². The van der Waals surface area contributed by atoms with E-state index in [1.165, 1.54) is 0 Å². The molecule has 0 heterocycles. The number of nitrogens with one attached hydrogen (secondary N) is 3. The second kappa shape index (κ2) is 10.7. The Labute approximate surface area is 153 Å². The molecule has 1 rings (SSSR count). The van der Waals surface area contributed by atoms with Crippen molar-refractivity contribution in [2.45, 2.75) is 32.2 Å². The van der Waals surface area contributed by atoms with E-state index in [1.54, 1.807) is 14.0 Å². The zero-order chi connectivity index (χ0) is 18.8. The van der Waals surface area contributed by atoms with Gasteiger partial charge in [-0.2, -0.15) is 0 Å². The summed E-state index contributed by atoms with van der Waals surface area (Å²) in [5, 5.41) is 7.52. The molecule has 0 aromatic heterocycles. The number of methoxy groups -OCH3 is 1. The highest BCUT2D eigenvalue weighted by Gasteiger charge is 2.13. The molecular weight excluding hydrogens is 346 g/mol. The number of rotatable bonds is 9. The average Bonchev–Trinajstić information content (AvgIpc) is 2.58. The Morgan fingerprint density at radius 3 is 2.44 bits per heavy atom. The fourth-order valence-corrected chi connectivity index (χ4v) is 2.14. The Morgan fingerprint density at radius 1 is 1.16 bits per heavy atom. The minimum atomic E-state index is -0.594. The molecule has 0 aliphatic carbocycles. The van der Waals surface area contributed by atoms with Crippen LogP contribution in [0.15, 0.2) is 18.2 Å². The first-order valence-corrected chi connectivity index (χ1v) is 8.59. The summed E-state index contributed by atoms with van der Waals surface area (Å²) in [6, 6.07) is 4.98. The second-order valence-electron chi connectivity index (χ2n) is 5.37. The molecule has 0 fully saturated rings. The number of carbonyl (C=O) groups is 2. The van der Waals surface area contributed by atoms with Crippen LogP contribution < -0.4 is 25.4 Å². The van der Waals surface area contributed by atoms with Crippen LogP contribution in [0, 0.1) is 0 Å². The highest BCUT2D eigenvalue weighted by atomic mass is 35.5. The molecule has 25 heavy (non-hydrogen) atoms. The summed E-state index contributed by atoms with van der Waals surface area (Å²) in [7, 11) is 1.57. The minimum absolute atomic E-state index is 0.220. The first-order valence-electron chi connectivity index (χ1n) is 8.15. The lowest BCUT2D eigenvalue weighted by molar-refractivity contribution is -0.120. The van der Waals surface area contributed by atoms with Crippen LogP contribution >= 0.6 is 11.6 Å². The molecule has 0 aliphatic heterocycles. The van der Waals surface area contributed by atoms with Gasteiger partial charge >= 0.3 is 6.03 Å². The Bertz CT molecular complexity index is 581. The van der Waals surface area contributed by atoms with Crippen molar-refractivity contribution in [2.24, 2.45) is 0 Å². The number of benzene rings is 1. The molecule has 0 spiro atoms. The largest absolute Gasteiger partial charge is 0.493 e. The molecule has 3 amide bonds. The molecule has 0 radical (unpaired) electrons. The predicted octanol–water partition coefficient (Wildman–Crippen LogP) is 2.20. The van der Waals surface area contributed by atoms with Gasteiger partial charge in [0.1, 0.15) is 5.38 Å². The van der Waals surface area contributed by atoms with E-state index < -0.39 is 5.38 Å². The third kappa shape index (κ3) is 7.09. The lowest BCUT2D eigenvalue weighted by Crippen LogP contribution is -2.42. The molecule has 8 heteroatoms. The molecule has 7 nitrogen and oxygen atoms in total. The second-order valence-corrected chi connectivity index (χ2v) is 6.03. The molecule has 1 aromatic carbocycles. The number of hydrogen-bond donors (Lipinski definition) is 3. The number of ether oxygens (including phenoxy) is 2. The van der Waals surface area contributed by atoms with Gasteiger partial charge in [0.05, 0.1) is 19.8 Å². The van der Waals surface area contributed by atoms with Crippen LogP contribution in [0.4, 0.5) is 4.79 Å². The number of hydrogen-bond acceptors (Lipinski definition) is 4. The molecule has 2 atom stereocenters. The Balaban J connectivity index is 2.48. The summed E-state index contributed by atoms with van der Waals surface area (Å²) in [6.07, 6.45) is 0. The molecule has 140 valence electrons. The lowest BCUT2D eigenvalue weighted by Gasteiger charge is -2.17. The van der Waals surface area contributed by atoms with Crippen LogP contribution in [0.3, 0.4) is 0 Å². The van der Waals surface area contributed by atoms with Crippen LogP contribution in [-0.4, -0.2) is 44.1 Å². The molecule has 0 aliphatic rings. The highest BCUT2D eigenvalue weighted by Crippen LogP contribution is 2.30. The smallest absolute Gasteiger partial charge is 0.315 e. The van der Waals surface area contributed by atoms with E-state index in [0.29, 0.717) is 31.2 Å². The fourth-order valence-electron chi connectivity index (χ4n) is 2.06. The standard InChI is InChI=1S/C17H26ClN3O4/c1-5-25-14-7-6-13(10-15(14)24-4)12(3)21-17(23)20-9-8-19-16(22)11(2)18/h6-7,10-12H,5,8-9H2,1-4H3,(H,19,22)(H2,20,21,23)/t11-,12-/m0/s1. The monoisotopic (exact) mass is 371 g/mol. The zero-order valence-corrected chi connectivity index (χ0v) is 15.8. The van der Waals surface area contributed by atoms with Gasteiger partial charge in [0, 0.05) is 13.1 Å². The van der Waals surface area contributed by atoms with Crippen LogP contribution in [0.2, 0.25) is 0 Å². The van der Waals surface area contributed by atoms with Gasteiger partial charge in [0.25, 0.3) is 0 Å². The molecule has 0 saturated heterocycles. The van der Waals surface area contributed by atoms with Gasteiger partial charge < -0.3 is 25.4 Å². The van der Waals surface area contributed by atoms with E-state index >= 15 is 0 Å². The zero-order valence-electron chi connectivity index (χ0n) is 15.0. The quantitative estimate of drug-likeness (QED) is 0.458. The van der Waals surface area contributed by atoms with E-state index in [-0.39, 0.29) is 18.0 Å². The van der Waals surface area contributed by atoms with E-state index in [1.807, 2.05) is 32.0 Å². The van der Waals surface area contributed by atoms with Crippen molar-refractivity contribution in [3.63, 3.8) is 0 Å². The Kier molecular flexibility index (Phi) is 8.91. The summed E-state index contributed by atoms with van der Waals surface area (Å²) in [5.41, 5.74) is 0.889. The van der Waals surface area contributed by atoms with Gasteiger partial charge in [-0.25, -0.2) is 4.79 Å². The third-order valence-electron chi connectivity index (χ3n) is 3.41. The maximum absolute atomic E-state index is 11.9. The maximum Gasteiger partial charge on any atom is 0.315 e. The first kappa shape index (κ1) is 20.9. The number of alkyl halides is 1. The van der Waals surface area contributed by atoms with Crippen molar-refractivity contribution in [1.29, 1.82) is 0 Å². The Hall–Kier alpha value is -2.15. The van der Waals surface area contributed by atoms with Crippen molar-refractivity contribution in [3.05, 3.63) is 23.8 Å². The first-order chi connectivity index (χ1) is 11.9. The van der Waals surface area contributed by atoms with Crippen molar-refractivity contribution in [3.8, 4) is 11.5 Å². The molecular formula is C17H26ClN3O4. The normalized spacial score (nSPS) is 12.7. The van der Waals surface area contributed by atoms with Gasteiger partial charge in [-0.3, -0.25) is 4.79 Å². The molecule has 1 aromatic rings. The van der Waals surface area contributed by atoms with Crippen molar-refractivity contribution in [1.82, 2.24) is 16.0 Å². The molecule has 0 saturated carbocycles. The number of halogens is 1. The number of carbonyl (C=O) groups excluding carboxylic acids is 2. The van der Waals surface area contributed by atoms with Crippen LogP contribution in [0.25, 0.3) is 0 Å². The molecule has 3 N–H and O–H groups in total. The van der Waals surface area contributed by atoms with E-state index in [2.05, 4.69) is 16.0 Å². The average molecular weight is 372 g/mol.